The van der Waals surface area contributed by atoms with E-state index < -0.39 is 32.5 Å². The van der Waals surface area contributed by atoms with Gasteiger partial charge in [0.1, 0.15) is 6.61 Å². The van der Waals surface area contributed by atoms with Crippen LogP contribution >= 0.6 is 7.82 Å². The summed E-state index contributed by atoms with van der Waals surface area (Å²) < 4.78 is 33.1. The number of ether oxygens (including phenoxy) is 2. The number of hydrogen-bond acceptors (Lipinski definition) is 8. The SMILES string of the molecule is CC/C=C\C/C=C\C/C=C\C/C=C\C/C=C\C/C=C\C/C=C\C/C=C\C/C=C\C/C=C\CCCCCCCCCCC(=O)OC(COC(=O)CCCCCCCCC/C=C\C/C=C\C/C=C\C/C=C\C/C=C\CC)COP(=O)(O)OCCN. The van der Waals surface area contributed by atoms with Crippen LogP contribution in [0.15, 0.2) is 182 Å². The van der Waals surface area contributed by atoms with Crippen molar-refractivity contribution < 1.29 is 37.6 Å². The number of rotatable bonds is 58. The second kappa shape index (κ2) is 66.3. The highest BCUT2D eigenvalue weighted by molar-refractivity contribution is 7.47. The van der Waals surface area contributed by atoms with Crippen LogP contribution in [0.2, 0.25) is 0 Å². The molecule has 0 aliphatic carbocycles. The highest BCUT2D eigenvalue weighted by atomic mass is 31.2. The maximum absolute atomic E-state index is 12.7. The topological polar surface area (TPSA) is 134 Å². The molecule has 3 N–H and O–H groups in total. The Morgan fingerprint density at radius 2 is 0.627 bits per heavy atom. The lowest BCUT2D eigenvalue weighted by Crippen LogP contribution is -2.29. The van der Waals surface area contributed by atoms with Gasteiger partial charge in [-0.15, -0.1) is 0 Å². The predicted molar refractivity (Wildman–Crippen MR) is 357 cm³/mol. The zero-order valence-corrected chi connectivity index (χ0v) is 53.0. The Labute approximate surface area is 507 Å². The number of allylic oxidation sites excluding steroid dienone is 30. The van der Waals surface area contributed by atoms with Crippen LogP contribution in [-0.2, 0) is 32.7 Å². The van der Waals surface area contributed by atoms with E-state index >= 15 is 0 Å². The number of nitrogens with two attached hydrogens (primary N) is 1. The van der Waals surface area contributed by atoms with E-state index in [0.717, 1.165) is 148 Å². The molecule has 2 atom stereocenters. The van der Waals surface area contributed by atoms with E-state index in [1.54, 1.807) is 0 Å². The maximum Gasteiger partial charge on any atom is 0.472 e. The first-order chi connectivity index (χ1) is 40.8. The number of carbonyl (C=O) groups excluding carboxylic acids is 2. The van der Waals surface area contributed by atoms with Crippen molar-refractivity contribution in [1.82, 2.24) is 0 Å². The van der Waals surface area contributed by atoms with E-state index in [1.807, 2.05) is 0 Å². The van der Waals surface area contributed by atoms with Gasteiger partial charge in [-0.1, -0.05) is 267 Å². The first-order valence-corrected chi connectivity index (χ1v) is 33.8. The van der Waals surface area contributed by atoms with Gasteiger partial charge in [-0.05, 0) is 135 Å². The number of phosphoric ester groups is 1. The summed E-state index contributed by atoms with van der Waals surface area (Å²) in [5.41, 5.74) is 5.39. The van der Waals surface area contributed by atoms with E-state index in [1.165, 1.54) is 44.9 Å². The Kier molecular flexibility index (Phi) is 62.3. The average molecular weight is 1170 g/mol. The molecule has 0 aliphatic heterocycles. The summed E-state index contributed by atoms with van der Waals surface area (Å²) >= 11 is 0. The molecule has 2 unspecified atom stereocenters. The van der Waals surface area contributed by atoms with Crippen LogP contribution in [0.5, 0.6) is 0 Å². The van der Waals surface area contributed by atoms with Gasteiger partial charge < -0.3 is 20.1 Å². The molecular formula is C73H116NO8P. The first-order valence-electron chi connectivity index (χ1n) is 32.3. The molecule has 466 valence electrons. The van der Waals surface area contributed by atoms with Crippen LogP contribution in [0.4, 0.5) is 0 Å². The van der Waals surface area contributed by atoms with Crippen molar-refractivity contribution in [2.75, 3.05) is 26.4 Å². The van der Waals surface area contributed by atoms with Crippen molar-refractivity contribution in [2.24, 2.45) is 5.73 Å². The minimum absolute atomic E-state index is 0.0404. The quantitative estimate of drug-likeness (QED) is 0.0264. The van der Waals surface area contributed by atoms with Crippen LogP contribution in [-0.4, -0.2) is 49.3 Å². The van der Waals surface area contributed by atoms with E-state index in [-0.39, 0.29) is 32.6 Å². The van der Waals surface area contributed by atoms with E-state index in [9.17, 15) is 19.0 Å². The van der Waals surface area contributed by atoms with Crippen molar-refractivity contribution in [1.29, 1.82) is 0 Å². The second-order valence-corrected chi connectivity index (χ2v) is 22.0. The maximum atomic E-state index is 12.7. The normalized spacial score (nSPS) is 14.2. The zero-order chi connectivity index (χ0) is 60.1. The fraction of sp³-hybridized carbons (Fsp3) is 0.562. The molecule has 0 saturated carbocycles. The molecule has 0 radical (unpaired) electrons. The number of hydrogen-bond donors (Lipinski definition) is 2. The molecule has 0 aromatic heterocycles. The molecule has 0 aromatic carbocycles. The summed E-state index contributed by atoms with van der Waals surface area (Å²) in [7, 11) is -4.41. The van der Waals surface area contributed by atoms with Gasteiger partial charge in [-0.25, -0.2) is 4.57 Å². The van der Waals surface area contributed by atoms with Crippen LogP contribution < -0.4 is 5.73 Å². The van der Waals surface area contributed by atoms with E-state index in [0.29, 0.717) is 12.8 Å². The third-order valence-corrected chi connectivity index (χ3v) is 13.8. The molecule has 10 heteroatoms. The van der Waals surface area contributed by atoms with Gasteiger partial charge in [0.05, 0.1) is 13.2 Å². The van der Waals surface area contributed by atoms with Gasteiger partial charge in [0.25, 0.3) is 0 Å². The summed E-state index contributed by atoms with van der Waals surface area (Å²) in [5.74, 6) is -0.863. The fourth-order valence-electron chi connectivity index (χ4n) is 8.10. The first kappa shape index (κ1) is 78.1. The van der Waals surface area contributed by atoms with Gasteiger partial charge in [-0.2, -0.15) is 0 Å². The molecule has 0 aliphatic rings. The molecule has 0 spiro atoms. The van der Waals surface area contributed by atoms with Gasteiger partial charge in [-0.3, -0.25) is 18.6 Å². The lowest BCUT2D eigenvalue weighted by atomic mass is 10.1. The predicted octanol–water partition coefficient (Wildman–Crippen LogP) is 21.2. The van der Waals surface area contributed by atoms with Crippen molar-refractivity contribution in [3.05, 3.63) is 182 Å². The third-order valence-electron chi connectivity index (χ3n) is 12.8. The van der Waals surface area contributed by atoms with Crippen molar-refractivity contribution in [3.63, 3.8) is 0 Å². The summed E-state index contributed by atoms with van der Waals surface area (Å²) in [4.78, 5) is 35.3. The van der Waals surface area contributed by atoms with Crippen molar-refractivity contribution in [3.8, 4) is 0 Å². The van der Waals surface area contributed by atoms with Gasteiger partial charge in [0.2, 0.25) is 0 Å². The Balaban J connectivity index is 4.04. The lowest BCUT2D eigenvalue weighted by molar-refractivity contribution is -0.161. The Morgan fingerprint density at radius 3 is 0.928 bits per heavy atom. The summed E-state index contributed by atoms with van der Waals surface area (Å²) in [5, 5.41) is 0. The fourth-order valence-corrected chi connectivity index (χ4v) is 8.87. The molecule has 83 heavy (non-hydrogen) atoms. The van der Waals surface area contributed by atoms with E-state index in [4.69, 9.17) is 24.3 Å². The minimum atomic E-state index is -4.41. The molecule has 0 bridgehead atoms. The van der Waals surface area contributed by atoms with E-state index in [2.05, 4.69) is 196 Å². The second-order valence-electron chi connectivity index (χ2n) is 20.5. The van der Waals surface area contributed by atoms with Crippen LogP contribution in [0.1, 0.15) is 232 Å². The largest absolute Gasteiger partial charge is 0.472 e. The summed E-state index contributed by atoms with van der Waals surface area (Å²) in [6, 6.07) is 0. The molecule has 9 nitrogen and oxygen atoms in total. The zero-order valence-electron chi connectivity index (χ0n) is 52.1. The smallest absolute Gasteiger partial charge is 0.462 e. The van der Waals surface area contributed by atoms with Gasteiger partial charge >= 0.3 is 19.8 Å². The molecule has 0 heterocycles. The van der Waals surface area contributed by atoms with Crippen LogP contribution in [0.25, 0.3) is 0 Å². The van der Waals surface area contributed by atoms with Crippen molar-refractivity contribution >= 4 is 19.8 Å². The standard InChI is InChI=1S/C73H116NO8P/c1-3-5-7-9-11-13-15-17-19-21-23-25-27-28-29-30-31-32-33-34-35-36-37-38-39-40-41-42-44-46-48-50-52-54-56-58-60-62-64-66-73(76)82-71(70-81-83(77,78)80-68-67-74)69-79-72(75)65-63-61-59-57-55-53-51-49-47-45-43-26-24-22-20-18-16-14-12-10-8-6-4-2/h5-8,11-14,17-20,23-26,28-29,31-32,34-35,37-38,40-41,44-47,71H,3-4,9-10,15-16,21-22,27,30,33,36,39,42-43,48-70,74H2,1-2H3,(H,77,78)/b7-5-,8-6-,13-11-,14-12-,19-17-,20-18-,25-23-,26-24-,29-28-,32-31-,35-34-,38-37-,41-40-,46-44-,47-45-. The third kappa shape index (κ3) is 66.1. The highest BCUT2D eigenvalue weighted by Gasteiger charge is 2.26. The molecule has 0 aromatic rings. The number of unbranched alkanes of at least 4 members (excludes halogenated alkanes) is 15. The van der Waals surface area contributed by atoms with Crippen LogP contribution in [0, 0.1) is 0 Å². The molecule has 0 amide bonds. The number of phosphoric acid groups is 1. The van der Waals surface area contributed by atoms with Crippen molar-refractivity contribution in [2.45, 2.75) is 238 Å². The van der Waals surface area contributed by atoms with Gasteiger partial charge in [0, 0.05) is 19.4 Å². The molecular weight excluding hydrogens is 1050 g/mol. The molecule has 0 fully saturated rings. The Bertz CT molecular complexity index is 2010. The Morgan fingerprint density at radius 1 is 0.361 bits per heavy atom. The number of esters is 2. The summed E-state index contributed by atoms with van der Waals surface area (Å²) in [6.07, 6.45) is 99.5. The lowest BCUT2D eigenvalue weighted by Gasteiger charge is -2.19. The molecule has 0 saturated heterocycles. The monoisotopic (exact) mass is 1170 g/mol. The Hall–Kier alpha value is -4.89. The average Bonchev–Trinajstić information content (AvgIpc) is 3.48. The van der Waals surface area contributed by atoms with Crippen LogP contribution in [0.3, 0.4) is 0 Å². The molecule has 0 rings (SSSR count). The summed E-state index contributed by atoms with van der Waals surface area (Å²) in [6.45, 7) is 3.47. The minimum Gasteiger partial charge on any atom is -0.462 e. The van der Waals surface area contributed by atoms with Gasteiger partial charge in [0.15, 0.2) is 6.10 Å². The highest BCUT2D eigenvalue weighted by Crippen LogP contribution is 2.43. The number of carbonyl (C=O) groups is 2.